The minimum Gasteiger partial charge on any atom is -0.289 e. The molecule has 2 aromatic rings. The molecule has 19 heavy (non-hydrogen) atoms. The van der Waals surface area contributed by atoms with Crippen LogP contribution in [0.25, 0.3) is 0 Å². The van der Waals surface area contributed by atoms with Gasteiger partial charge in [0.15, 0.2) is 5.78 Å². The second-order valence-corrected chi connectivity index (χ2v) is 5.30. The summed E-state index contributed by atoms with van der Waals surface area (Å²) in [5.74, 6) is 0.819. The summed E-state index contributed by atoms with van der Waals surface area (Å²) in [5, 5.41) is 0. The zero-order valence-corrected chi connectivity index (χ0v) is 11.0. The lowest BCUT2D eigenvalue weighted by Crippen LogP contribution is -2.01. The maximum Gasteiger partial charge on any atom is 0.193 e. The molecule has 0 aromatic heterocycles. The molecule has 0 unspecified atom stereocenters. The zero-order chi connectivity index (χ0) is 13.1. The molecular formula is C18H18O. The number of hydrogen-bond acceptors (Lipinski definition) is 1. The third-order valence-electron chi connectivity index (χ3n) is 4.04. The Hall–Kier alpha value is -1.89. The van der Waals surface area contributed by atoms with Crippen LogP contribution in [-0.4, -0.2) is 5.78 Å². The fourth-order valence-corrected chi connectivity index (χ4v) is 2.92. The molecule has 0 amide bonds. The standard InChI is InChI=1S/C18H18O/c19-18(16-8-2-1-3-9-16)17-12-10-15(11-13-17)14-6-4-5-7-14/h1-3,8-14H,4-7H2. The maximum absolute atomic E-state index is 12.3. The number of ketones is 1. The molecule has 0 aliphatic heterocycles. The second-order valence-electron chi connectivity index (χ2n) is 5.30. The van der Waals surface area contributed by atoms with E-state index in [0.29, 0.717) is 5.92 Å². The monoisotopic (exact) mass is 250 g/mol. The Morgan fingerprint density at radius 2 is 1.37 bits per heavy atom. The molecule has 1 saturated carbocycles. The van der Waals surface area contributed by atoms with Crippen molar-refractivity contribution in [3.8, 4) is 0 Å². The van der Waals surface area contributed by atoms with Gasteiger partial charge >= 0.3 is 0 Å². The van der Waals surface area contributed by atoms with Gasteiger partial charge in [-0.1, -0.05) is 67.4 Å². The topological polar surface area (TPSA) is 17.1 Å². The summed E-state index contributed by atoms with van der Waals surface area (Å²) in [5.41, 5.74) is 2.94. The number of hydrogen-bond donors (Lipinski definition) is 0. The van der Waals surface area contributed by atoms with Crippen LogP contribution in [0.3, 0.4) is 0 Å². The highest BCUT2D eigenvalue weighted by molar-refractivity contribution is 6.08. The summed E-state index contributed by atoms with van der Waals surface area (Å²) in [4.78, 5) is 12.3. The normalized spacial score (nSPS) is 15.6. The number of benzene rings is 2. The van der Waals surface area contributed by atoms with Crippen LogP contribution < -0.4 is 0 Å². The van der Waals surface area contributed by atoms with Crippen molar-refractivity contribution >= 4 is 5.78 Å². The highest BCUT2D eigenvalue weighted by atomic mass is 16.1. The molecule has 0 saturated heterocycles. The highest BCUT2D eigenvalue weighted by Gasteiger charge is 2.17. The Morgan fingerprint density at radius 1 is 0.789 bits per heavy atom. The van der Waals surface area contributed by atoms with Crippen LogP contribution in [-0.2, 0) is 0 Å². The van der Waals surface area contributed by atoms with Crippen LogP contribution in [0.2, 0.25) is 0 Å². The molecule has 3 rings (SSSR count). The molecule has 1 aliphatic carbocycles. The van der Waals surface area contributed by atoms with E-state index in [-0.39, 0.29) is 5.78 Å². The SMILES string of the molecule is O=C(c1ccccc1)c1ccc(C2CCCC2)cc1. The second kappa shape index (κ2) is 5.40. The van der Waals surface area contributed by atoms with Gasteiger partial charge in [-0.2, -0.15) is 0 Å². The van der Waals surface area contributed by atoms with E-state index in [2.05, 4.69) is 12.1 Å². The molecule has 0 bridgehead atoms. The van der Waals surface area contributed by atoms with Crippen molar-refractivity contribution in [3.05, 3.63) is 71.3 Å². The van der Waals surface area contributed by atoms with Gasteiger partial charge in [-0.3, -0.25) is 4.79 Å². The summed E-state index contributed by atoms with van der Waals surface area (Å²) in [6.45, 7) is 0. The predicted molar refractivity (Wildman–Crippen MR) is 77.5 cm³/mol. The van der Waals surface area contributed by atoms with E-state index in [1.807, 2.05) is 42.5 Å². The molecular weight excluding hydrogens is 232 g/mol. The summed E-state index contributed by atoms with van der Waals surface area (Å²) in [6.07, 6.45) is 5.28. The first-order valence-corrected chi connectivity index (χ1v) is 7.04. The predicted octanol–water partition coefficient (Wildman–Crippen LogP) is 4.58. The van der Waals surface area contributed by atoms with Crippen LogP contribution in [0, 0.1) is 0 Å². The average molecular weight is 250 g/mol. The fourth-order valence-electron chi connectivity index (χ4n) is 2.92. The van der Waals surface area contributed by atoms with Gasteiger partial charge in [-0.25, -0.2) is 0 Å². The molecule has 1 aliphatic rings. The Labute approximate surface area is 114 Å². The van der Waals surface area contributed by atoms with Gasteiger partial charge in [0.25, 0.3) is 0 Å². The lowest BCUT2D eigenvalue weighted by Gasteiger charge is -2.10. The minimum atomic E-state index is 0.110. The lowest BCUT2D eigenvalue weighted by atomic mass is 9.95. The molecule has 1 heteroatoms. The first-order valence-electron chi connectivity index (χ1n) is 7.04. The van der Waals surface area contributed by atoms with E-state index < -0.39 is 0 Å². The van der Waals surface area contributed by atoms with Crippen LogP contribution in [0.5, 0.6) is 0 Å². The minimum absolute atomic E-state index is 0.110. The molecule has 1 fully saturated rings. The summed E-state index contributed by atoms with van der Waals surface area (Å²) in [6, 6.07) is 17.7. The van der Waals surface area contributed by atoms with E-state index in [9.17, 15) is 4.79 Å². The summed E-state index contributed by atoms with van der Waals surface area (Å²) < 4.78 is 0. The highest BCUT2D eigenvalue weighted by Crippen LogP contribution is 2.34. The average Bonchev–Trinajstić information content (AvgIpc) is 3.02. The van der Waals surface area contributed by atoms with E-state index in [0.717, 1.165) is 11.1 Å². The van der Waals surface area contributed by atoms with Crippen LogP contribution in [0.15, 0.2) is 54.6 Å². The van der Waals surface area contributed by atoms with Gasteiger partial charge in [0.1, 0.15) is 0 Å². The third-order valence-corrected chi connectivity index (χ3v) is 4.04. The molecule has 0 spiro atoms. The van der Waals surface area contributed by atoms with Crippen molar-refractivity contribution < 1.29 is 4.79 Å². The smallest absolute Gasteiger partial charge is 0.193 e. The van der Waals surface area contributed by atoms with Crippen molar-refractivity contribution in [1.29, 1.82) is 0 Å². The van der Waals surface area contributed by atoms with E-state index in [1.54, 1.807) is 0 Å². The zero-order valence-electron chi connectivity index (χ0n) is 11.0. The van der Waals surface area contributed by atoms with Crippen molar-refractivity contribution in [1.82, 2.24) is 0 Å². The number of carbonyl (C=O) groups excluding carboxylic acids is 1. The maximum atomic E-state index is 12.3. The first-order chi connectivity index (χ1) is 9.34. The van der Waals surface area contributed by atoms with Crippen LogP contribution >= 0.6 is 0 Å². The fraction of sp³-hybridized carbons (Fsp3) is 0.278. The first kappa shape index (κ1) is 12.2. The summed E-state index contributed by atoms with van der Waals surface area (Å²) in [7, 11) is 0. The van der Waals surface area contributed by atoms with Crippen LogP contribution in [0.4, 0.5) is 0 Å². The molecule has 96 valence electrons. The van der Waals surface area contributed by atoms with Gasteiger partial charge in [0.05, 0.1) is 0 Å². The van der Waals surface area contributed by atoms with Crippen molar-refractivity contribution in [2.24, 2.45) is 0 Å². The summed E-state index contributed by atoms with van der Waals surface area (Å²) >= 11 is 0. The molecule has 0 atom stereocenters. The van der Waals surface area contributed by atoms with Crippen molar-refractivity contribution in [3.63, 3.8) is 0 Å². The van der Waals surface area contributed by atoms with Gasteiger partial charge in [-0.05, 0) is 24.3 Å². The molecule has 0 heterocycles. The number of rotatable bonds is 3. The molecule has 0 N–H and O–H groups in total. The van der Waals surface area contributed by atoms with Crippen LogP contribution in [0.1, 0.15) is 53.1 Å². The Kier molecular flexibility index (Phi) is 3.45. The quantitative estimate of drug-likeness (QED) is 0.729. The van der Waals surface area contributed by atoms with Crippen molar-refractivity contribution in [2.75, 3.05) is 0 Å². The van der Waals surface area contributed by atoms with E-state index in [4.69, 9.17) is 0 Å². The van der Waals surface area contributed by atoms with Gasteiger partial charge in [0, 0.05) is 11.1 Å². The van der Waals surface area contributed by atoms with E-state index >= 15 is 0 Å². The largest absolute Gasteiger partial charge is 0.289 e. The molecule has 2 aromatic carbocycles. The van der Waals surface area contributed by atoms with Gasteiger partial charge in [-0.15, -0.1) is 0 Å². The Bertz CT molecular complexity index is 548. The van der Waals surface area contributed by atoms with E-state index in [1.165, 1.54) is 31.2 Å². The molecule has 0 radical (unpaired) electrons. The van der Waals surface area contributed by atoms with Crippen molar-refractivity contribution in [2.45, 2.75) is 31.6 Å². The lowest BCUT2D eigenvalue weighted by molar-refractivity contribution is 0.103. The Morgan fingerprint density at radius 3 is 2.00 bits per heavy atom. The van der Waals surface area contributed by atoms with Gasteiger partial charge < -0.3 is 0 Å². The Balaban J connectivity index is 1.80. The van der Waals surface area contributed by atoms with Gasteiger partial charge in [0.2, 0.25) is 0 Å². The third kappa shape index (κ3) is 2.60. The molecule has 1 nitrogen and oxygen atoms in total. The number of carbonyl (C=O) groups is 1.